The number of hydrogen-bond donors (Lipinski definition) is 3. The van der Waals surface area contributed by atoms with E-state index in [9.17, 15) is 14.7 Å². The van der Waals surface area contributed by atoms with Gasteiger partial charge < -0.3 is 20.7 Å². The molecule has 0 radical (unpaired) electrons. The fourth-order valence-electron chi connectivity index (χ4n) is 3.89. The van der Waals surface area contributed by atoms with Crippen molar-refractivity contribution in [2.24, 2.45) is 11.7 Å². The molecule has 6 heteroatoms. The third kappa shape index (κ3) is 2.75. The van der Waals surface area contributed by atoms with Crippen LogP contribution in [0.3, 0.4) is 0 Å². The molecule has 120 valence electrons. The predicted octanol–water partition coefficient (Wildman–Crippen LogP) is 1.27. The number of rotatable bonds is 3. The summed E-state index contributed by atoms with van der Waals surface area (Å²) in [5, 5.41) is 10.3. The molecule has 3 unspecified atom stereocenters. The Kier molecular flexibility index (Phi) is 4.20. The summed E-state index contributed by atoms with van der Waals surface area (Å²) < 4.78 is 0. The zero-order chi connectivity index (χ0) is 15.7. The maximum absolute atomic E-state index is 12.7. The van der Waals surface area contributed by atoms with Crippen molar-refractivity contribution < 1.29 is 14.7 Å². The highest BCUT2D eigenvalue weighted by Crippen LogP contribution is 2.35. The first kappa shape index (κ1) is 15.1. The van der Waals surface area contributed by atoms with Crippen LogP contribution in [0.2, 0.25) is 0 Å². The van der Waals surface area contributed by atoms with Gasteiger partial charge in [0, 0.05) is 24.7 Å². The van der Waals surface area contributed by atoms with Crippen LogP contribution in [0.5, 0.6) is 0 Å². The average molecular weight is 305 g/mol. The number of nitrogens with one attached hydrogen (secondary N) is 1. The third-order valence-electron chi connectivity index (χ3n) is 5.03. The van der Waals surface area contributed by atoms with E-state index in [1.807, 2.05) is 4.90 Å². The molecule has 0 spiro atoms. The van der Waals surface area contributed by atoms with Crippen molar-refractivity contribution in [2.75, 3.05) is 6.54 Å². The largest absolute Gasteiger partial charge is 0.393 e. The van der Waals surface area contributed by atoms with Crippen molar-refractivity contribution in [1.29, 1.82) is 0 Å². The lowest BCUT2D eigenvalue weighted by Gasteiger charge is -2.37. The molecule has 0 aromatic carbocycles. The highest BCUT2D eigenvalue weighted by atomic mass is 16.3. The van der Waals surface area contributed by atoms with Gasteiger partial charge in [-0.15, -0.1) is 0 Å². The number of carbonyl (C=O) groups is 2. The standard InChI is InChI=1S/C16H23N3O3/c17-15(21)10-8-12(18-9-10)16(22)19-7-3-5-13(19)11-4-1-2-6-14(11)20/h8-9,11,13-14,18,20H,1-7H2,(H2,17,21). The van der Waals surface area contributed by atoms with Crippen LogP contribution in [0, 0.1) is 5.92 Å². The van der Waals surface area contributed by atoms with Gasteiger partial charge in [0.05, 0.1) is 11.7 Å². The molecule has 3 rings (SSSR count). The lowest BCUT2D eigenvalue weighted by atomic mass is 9.80. The number of carbonyl (C=O) groups excluding carboxylic acids is 2. The summed E-state index contributed by atoms with van der Waals surface area (Å²) in [7, 11) is 0. The molecule has 1 aliphatic heterocycles. The Balaban J connectivity index is 1.76. The van der Waals surface area contributed by atoms with E-state index >= 15 is 0 Å². The molecule has 22 heavy (non-hydrogen) atoms. The average Bonchev–Trinajstić information content (AvgIpc) is 3.16. The molecule has 2 aliphatic rings. The first-order valence-corrected chi connectivity index (χ1v) is 8.05. The summed E-state index contributed by atoms with van der Waals surface area (Å²) in [5.74, 6) is -0.477. The van der Waals surface area contributed by atoms with Gasteiger partial charge in [0.1, 0.15) is 5.69 Å². The first-order valence-electron chi connectivity index (χ1n) is 8.05. The number of amides is 2. The van der Waals surface area contributed by atoms with E-state index in [1.54, 1.807) is 0 Å². The molecule has 2 heterocycles. The summed E-state index contributed by atoms with van der Waals surface area (Å²) in [5.41, 5.74) is 5.94. The molecule has 2 fully saturated rings. The highest BCUT2D eigenvalue weighted by molar-refractivity contribution is 5.98. The molecule has 1 aromatic heterocycles. The van der Waals surface area contributed by atoms with Gasteiger partial charge in [-0.25, -0.2) is 0 Å². The molecule has 0 bridgehead atoms. The van der Waals surface area contributed by atoms with Gasteiger partial charge in [0.25, 0.3) is 5.91 Å². The quantitative estimate of drug-likeness (QED) is 0.784. The summed E-state index contributed by atoms with van der Waals surface area (Å²) in [6.07, 6.45) is 7.06. The molecule has 2 amide bonds. The topological polar surface area (TPSA) is 99.4 Å². The minimum Gasteiger partial charge on any atom is -0.393 e. The number of primary amides is 1. The second-order valence-corrected chi connectivity index (χ2v) is 6.39. The summed E-state index contributed by atoms with van der Waals surface area (Å²) >= 11 is 0. The van der Waals surface area contributed by atoms with E-state index in [1.165, 1.54) is 12.3 Å². The number of aliphatic hydroxyl groups excluding tert-OH is 1. The van der Waals surface area contributed by atoms with Crippen molar-refractivity contribution in [3.05, 3.63) is 23.5 Å². The Bertz CT molecular complexity index is 569. The SMILES string of the molecule is NC(=O)c1c[nH]c(C(=O)N2CCCC2C2CCCCC2O)c1. The molecular formula is C16H23N3O3. The molecule has 3 atom stereocenters. The monoisotopic (exact) mass is 305 g/mol. The Hall–Kier alpha value is -1.82. The van der Waals surface area contributed by atoms with Gasteiger partial charge in [0.15, 0.2) is 0 Å². The van der Waals surface area contributed by atoms with Crippen LogP contribution in [-0.4, -0.2) is 45.5 Å². The fourth-order valence-corrected chi connectivity index (χ4v) is 3.89. The predicted molar refractivity (Wildman–Crippen MR) is 81.3 cm³/mol. The lowest BCUT2D eigenvalue weighted by Crippen LogP contribution is -2.45. The van der Waals surface area contributed by atoms with E-state index in [0.29, 0.717) is 17.8 Å². The van der Waals surface area contributed by atoms with Crippen molar-refractivity contribution >= 4 is 11.8 Å². The number of aromatic amines is 1. The van der Waals surface area contributed by atoms with Crippen molar-refractivity contribution in [3.63, 3.8) is 0 Å². The van der Waals surface area contributed by atoms with Crippen molar-refractivity contribution in [1.82, 2.24) is 9.88 Å². The van der Waals surface area contributed by atoms with Gasteiger partial charge >= 0.3 is 0 Å². The molecule has 1 saturated heterocycles. The van der Waals surface area contributed by atoms with Gasteiger partial charge in [-0.05, 0) is 31.7 Å². The van der Waals surface area contributed by atoms with E-state index in [2.05, 4.69) is 4.98 Å². The van der Waals surface area contributed by atoms with Crippen LogP contribution in [0.1, 0.15) is 59.4 Å². The maximum atomic E-state index is 12.7. The third-order valence-corrected chi connectivity index (χ3v) is 5.03. The zero-order valence-electron chi connectivity index (χ0n) is 12.6. The fraction of sp³-hybridized carbons (Fsp3) is 0.625. The summed E-state index contributed by atoms with van der Waals surface area (Å²) in [4.78, 5) is 28.6. The number of likely N-dealkylation sites (tertiary alicyclic amines) is 1. The van der Waals surface area contributed by atoms with E-state index in [-0.39, 0.29) is 24.0 Å². The maximum Gasteiger partial charge on any atom is 0.270 e. The van der Waals surface area contributed by atoms with Crippen molar-refractivity contribution in [2.45, 2.75) is 50.7 Å². The van der Waals surface area contributed by atoms with Crippen LogP contribution in [0.4, 0.5) is 0 Å². The molecule has 1 aromatic rings. The molecule has 6 nitrogen and oxygen atoms in total. The second-order valence-electron chi connectivity index (χ2n) is 6.39. The number of aromatic nitrogens is 1. The van der Waals surface area contributed by atoms with Gasteiger partial charge in [-0.2, -0.15) is 0 Å². The lowest BCUT2D eigenvalue weighted by molar-refractivity contribution is 0.0209. The van der Waals surface area contributed by atoms with Crippen LogP contribution in [0.25, 0.3) is 0 Å². The number of hydrogen-bond acceptors (Lipinski definition) is 3. The van der Waals surface area contributed by atoms with Gasteiger partial charge in [-0.1, -0.05) is 12.8 Å². The zero-order valence-corrected chi connectivity index (χ0v) is 12.6. The Morgan fingerprint density at radius 1 is 1.23 bits per heavy atom. The van der Waals surface area contributed by atoms with Crippen molar-refractivity contribution in [3.8, 4) is 0 Å². The van der Waals surface area contributed by atoms with E-state index < -0.39 is 5.91 Å². The van der Waals surface area contributed by atoms with Crippen LogP contribution < -0.4 is 5.73 Å². The summed E-state index contributed by atoms with van der Waals surface area (Å²) in [6.45, 7) is 0.706. The Morgan fingerprint density at radius 2 is 2.00 bits per heavy atom. The number of aliphatic hydroxyl groups is 1. The van der Waals surface area contributed by atoms with Gasteiger partial charge in [-0.3, -0.25) is 9.59 Å². The highest BCUT2D eigenvalue weighted by Gasteiger charge is 2.39. The minimum absolute atomic E-state index is 0.100. The molecule has 1 aliphatic carbocycles. The number of H-pyrrole nitrogens is 1. The van der Waals surface area contributed by atoms with E-state index in [4.69, 9.17) is 5.73 Å². The molecular weight excluding hydrogens is 282 g/mol. The normalized spacial score (nSPS) is 28.8. The van der Waals surface area contributed by atoms with Crippen LogP contribution >= 0.6 is 0 Å². The molecule has 4 N–H and O–H groups in total. The minimum atomic E-state index is -0.545. The second kappa shape index (κ2) is 6.12. The summed E-state index contributed by atoms with van der Waals surface area (Å²) in [6, 6.07) is 1.61. The first-order chi connectivity index (χ1) is 10.6. The number of nitrogens with zero attached hydrogens (tertiary/aromatic N) is 1. The van der Waals surface area contributed by atoms with Crippen LogP contribution in [0.15, 0.2) is 12.3 Å². The number of nitrogens with two attached hydrogens (primary N) is 1. The van der Waals surface area contributed by atoms with E-state index in [0.717, 1.165) is 38.5 Å². The Morgan fingerprint density at radius 3 is 2.68 bits per heavy atom. The Labute approximate surface area is 129 Å². The molecule has 1 saturated carbocycles. The van der Waals surface area contributed by atoms with Gasteiger partial charge in [0.2, 0.25) is 5.91 Å². The van der Waals surface area contributed by atoms with Crippen LogP contribution in [-0.2, 0) is 0 Å². The smallest absolute Gasteiger partial charge is 0.270 e.